The highest BCUT2D eigenvalue weighted by atomic mass is 32.1. The summed E-state index contributed by atoms with van der Waals surface area (Å²) in [6, 6.07) is 6.41. The van der Waals surface area contributed by atoms with Gasteiger partial charge in [-0.05, 0) is 30.6 Å². The van der Waals surface area contributed by atoms with Crippen LogP contribution in [-0.4, -0.2) is 23.4 Å². The number of nitrogens with zero attached hydrogens (tertiary/aromatic N) is 1. The number of nitrogens with one attached hydrogen (secondary N) is 1. The van der Waals surface area contributed by atoms with E-state index >= 15 is 0 Å². The number of anilines is 2. The van der Waals surface area contributed by atoms with Crippen LogP contribution in [0.5, 0.6) is 0 Å². The highest BCUT2D eigenvalue weighted by Gasteiger charge is 2.18. The molecule has 20 heavy (non-hydrogen) atoms. The Labute approximate surface area is 119 Å². The van der Waals surface area contributed by atoms with Gasteiger partial charge >= 0.3 is 5.97 Å². The third kappa shape index (κ3) is 2.62. The average Bonchev–Trinajstić information content (AvgIpc) is 2.78. The van der Waals surface area contributed by atoms with Gasteiger partial charge in [-0.1, -0.05) is 12.1 Å². The topological polar surface area (TPSA) is 94.3 Å². The molecule has 1 heterocycles. The molecule has 0 aliphatic heterocycles. The van der Waals surface area contributed by atoms with Gasteiger partial charge in [-0.15, -0.1) is 0 Å². The van der Waals surface area contributed by atoms with E-state index in [0.29, 0.717) is 16.4 Å². The van der Waals surface area contributed by atoms with Crippen LogP contribution in [0.15, 0.2) is 24.3 Å². The zero-order valence-corrected chi connectivity index (χ0v) is 11.8. The first-order valence-electron chi connectivity index (χ1n) is 5.75. The molecule has 0 aliphatic rings. The fourth-order valence-electron chi connectivity index (χ4n) is 1.61. The highest BCUT2D eigenvalue weighted by molar-refractivity contribution is 7.11. The number of carbonyl (C=O) groups excluding carboxylic acids is 2. The summed E-state index contributed by atoms with van der Waals surface area (Å²) in [4.78, 5) is 23.8. The van der Waals surface area contributed by atoms with Gasteiger partial charge in [0, 0.05) is 0 Å². The van der Waals surface area contributed by atoms with Crippen molar-refractivity contribution in [1.29, 1.82) is 0 Å². The minimum atomic E-state index is -0.566. The Morgan fingerprint density at radius 3 is 2.50 bits per heavy atom. The number of nitrogens with two attached hydrogens (primary N) is 1. The summed E-state index contributed by atoms with van der Waals surface area (Å²) in [6.07, 6.45) is 0. The van der Waals surface area contributed by atoms with Crippen LogP contribution in [0.25, 0.3) is 0 Å². The Balaban J connectivity index is 2.30. The highest BCUT2D eigenvalue weighted by Crippen LogP contribution is 2.27. The molecule has 0 fully saturated rings. The van der Waals surface area contributed by atoms with E-state index in [1.54, 1.807) is 25.1 Å². The zero-order chi connectivity index (χ0) is 14.7. The van der Waals surface area contributed by atoms with Crippen molar-refractivity contribution in [2.45, 2.75) is 6.92 Å². The van der Waals surface area contributed by atoms with Crippen molar-refractivity contribution in [1.82, 2.24) is 4.37 Å². The normalized spacial score (nSPS) is 10.1. The number of benzene rings is 1. The maximum absolute atomic E-state index is 12.2. The number of aryl methyl sites for hydroxylation is 1. The fraction of sp³-hybridized carbons (Fsp3) is 0.154. The Morgan fingerprint density at radius 2 is 1.95 bits per heavy atom. The summed E-state index contributed by atoms with van der Waals surface area (Å²) in [7, 11) is 1.27. The predicted molar refractivity (Wildman–Crippen MR) is 77.0 cm³/mol. The van der Waals surface area contributed by atoms with Gasteiger partial charge < -0.3 is 15.8 Å². The third-order valence-electron chi connectivity index (χ3n) is 2.71. The maximum atomic E-state index is 12.2. The van der Waals surface area contributed by atoms with Crippen molar-refractivity contribution < 1.29 is 14.3 Å². The van der Waals surface area contributed by atoms with Gasteiger partial charge in [-0.3, -0.25) is 4.79 Å². The van der Waals surface area contributed by atoms with Crippen molar-refractivity contribution in [3.05, 3.63) is 41.1 Å². The van der Waals surface area contributed by atoms with Gasteiger partial charge in [0.05, 0.1) is 29.6 Å². The molecule has 0 spiro atoms. The molecule has 0 unspecified atom stereocenters. The van der Waals surface area contributed by atoms with E-state index in [9.17, 15) is 9.59 Å². The van der Waals surface area contributed by atoms with Crippen LogP contribution in [0.3, 0.4) is 0 Å². The van der Waals surface area contributed by atoms with E-state index in [1.165, 1.54) is 13.2 Å². The van der Waals surface area contributed by atoms with E-state index in [0.717, 1.165) is 11.5 Å². The Bertz CT molecular complexity index is 667. The lowest BCUT2D eigenvalue weighted by atomic mass is 10.1. The van der Waals surface area contributed by atoms with Gasteiger partial charge in [0.1, 0.15) is 5.00 Å². The molecule has 0 radical (unpaired) electrons. The minimum Gasteiger partial charge on any atom is -0.465 e. The first-order chi connectivity index (χ1) is 9.54. The number of esters is 1. The number of rotatable bonds is 3. The molecule has 0 aliphatic carbocycles. The van der Waals surface area contributed by atoms with Crippen LogP contribution in [-0.2, 0) is 4.74 Å². The van der Waals surface area contributed by atoms with Crippen LogP contribution in [0, 0.1) is 6.92 Å². The number of nitrogen functional groups attached to an aromatic ring is 1. The van der Waals surface area contributed by atoms with Gasteiger partial charge in [0.15, 0.2) is 0 Å². The summed E-state index contributed by atoms with van der Waals surface area (Å²) in [6.45, 7) is 1.75. The molecule has 0 saturated carbocycles. The number of methoxy groups -OCH3 is 1. The Kier molecular flexibility index (Phi) is 3.99. The van der Waals surface area contributed by atoms with Crippen LogP contribution < -0.4 is 11.1 Å². The van der Waals surface area contributed by atoms with Crippen molar-refractivity contribution in [3.8, 4) is 0 Å². The lowest BCUT2D eigenvalue weighted by Crippen LogP contribution is -2.17. The maximum Gasteiger partial charge on any atom is 0.338 e. The smallest absolute Gasteiger partial charge is 0.338 e. The van der Waals surface area contributed by atoms with Crippen LogP contribution >= 0.6 is 11.5 Å². The standard InChI is InChI=1S/C13H13N3O3S/c1-7-10(14)12(20-16-7)15-11(17)8-5-3-4-6-9(8)13(18)19-2/h3-6H,14H2,1-2H3,(H,15,17). The first-order valence-corrected chi connectivity index (χ1v) is 6.52. The summed E-state index contributed by atoms with van der Waals surface area (Å²) >= 11 is 1.10. The molecule has 1 amide bonds. The number of aromatic nitrogens is 1. The SMILES string of the molecule is COC(=O)c1ccccc1C(=O)Nc1snc(C)c1N. The molecule has 7 heteroatoms. The second kappa shape index (κ2) is 5.70. The molecule has 0 bridgehead atoms. The molecular formula is C13H13N3O3S. The summed E-state index contributed by atoms with van der Waals surface area (Å²) in [5.74, 6) is -0.995. The average molecular weight is 291 g/mol. The molecule has 0 saturated heterocycles. The monoisotopic (exact) mass is 291 g/mol. The fourth-order valence-corrected chi connectivity index (χ4v) is 2.32. The predicted octanol–water partition coefficient (Wildman–Crippen LogP) is 2.07. The largest absolute Gasteiger partial charge is 0.465 e. The number of carbonyl (C=O) groups is 2. The van der Waals surface area contributed by atoms with Crippen LogP contribution in [0.2, 0.25) is 0 Å². The van der Waals surface area contributed by atoms with Crippen molar-refractivity contribution in [2.24, 2.45) is 0 Å². The lowest BCUT2D eigenvalue weighted by molar-refractivity contribution is 0.0597. The van der Waals surface area contributed by atoms with E-state index in [4.69, 9.17) is 5.73 Å². The van der Waals surface area contributed by atoms with Crippen molar-refractivity contribution in [2.75, 3.05) is 18.2 Å². The van der Waals surface area contributed by atoms with Crippen molar-refractivity contribution >= 4 is 34.1 Å². The summed E-state index contributed by atoms with van der Waals surface area (Å²) in [5, 5.41) is 3.12. The van der Waals surface area contributed by atoms with Gasteiger partial charge in [0.2, 0.25) is 0 Å². The second-order valence-electron chi connectivity index (χ2n) is 4.00. The van der Waals surface area contributed by atoms with E-state index < -0.39 is 11.9 Å². The lowest BCUT2D eigenvalue weighted by Gasteiger charge is -2.07. The minimum absolute atomic E-state index is 0.201. The zero-order valence-electron chi connectivity index (χ0n) is 11.0. The quantitative estimate of drug-likeness (QED) is 0.844. The van der Waals surface area contributed by atoms with Gasteiger partial charge in [0.25, 0.3) is 5.91 Å². The van der Waals surface area contributed by atoms with Gasteiger partial charge in [-0.2, -0.15) is 4.37 Å². The summed E-state index contributed by atoms with van der Waals surface area (Å²) < 4.78 is 8.70. The first kappa shape index (κ1) is 14.0. The number of hydrogen-bond acceptors (Lipinski definition) is 6. The Morgan fingerprint density at radius 1 is 1.30 bits per heavy atom. The van der Waals surface area contributed by atoms with E-state index in [1.807, 2.05) is 0 Å². The Hall–Kier alpha value is -2.41. The molecule has 104 valence electrons. The molecule has 1 aromatic carbocycles. The number of hydrogen-bond donors (Lipinski definition) is 2. The summed E-state index contributed by atoms with van der Waals surface area (Å²) in [5.41, 5.74) is 7.31. The van der Waals surface area contributed by atoms with E-state index in [-0.39, 0.29) is 11.1 Å². The molecular weight excluding hydrogens is 278 g/mol. The molecule has 2 aromatic rings. The molecule has 6 nitrogen and oxygen atoms in total. The molecule has 3 N–H and O–H groups in total. The van der Waals surface area contributed by atoms with Crippen molar-refractivity contribution in [3.63, 3.8) is 0 Å². The molecule has 2 rings (SSSR count). The number of ether oxygens (including phenoxy) is 1. The molecule has 1 aromatic heterocycles. The molecule has 0 atom stereocenters. The number of amides is 1. The van der Waals surface area contributed by atoms with Crippen LogP contribution in [0.1, 0.15) is 26.4 Å². The van der Waals surface area contributed by atoms with Crippen LogP contribution in [0.4, 0.5) is 10.7 Å². The van der Waals surface area contributed by atoms with E-state index in [2.05, 4.69) is 14.4 Å². The van der Waals surface area contributed by atoms with Gasteiger partial charge in [-0.25, -0.2) is 4.79 Å². The third-order valence-corrected chi connectivity index (χ3v) is 3.58. The second-order valence-corrected chi connectivity index (χ2v) is 4.78.